The monoisotopic (exact) mass is 400 g/mol. The van der Waals surface area contributed by atoms with Crippen molar-refractivity contribution in [2.75, 3.05) is 6.61 Å². The molecule has 1 aromatic heterocycles. The summed E-state index contributed by atoms with van der Waals surface area (Å²) in [6.07, 6.45) is 0. The smallest absolute Gasteiger partial charge is 0.263 e. The number of thiazole rings is 1. The molecule has 1 aliphatic rings. The van der Waals surface area contributed by atoms with E-state index >= 15 is 0 Å². The van der Waals surface area contributed by atoms with Crippen LogP contribution in [0.5, 0.6) is 11.5 Å². The number of benzene rings is 2. The van der Waals surface area contributed by atoms with Crippen molar-refractivity contribution in [2.24, 2.45) is 0 Å². The fourth-order valence-corrected chi connectivity index (χ4v) is 3.91. The molecule has 4 rings (SSSR count). The fraction of sp³-hybridized carbons (Fsp3) is 0.200. The molecular formula is C20H17ClN2O3S. The maximum atomic E-state index is 12.7. The second-order valence-corrected chi connectivity index (χ2v) is 7.66. The van der Waals surface area contributed by atoms with Gasteiger partial charge < -0.3 is 14.8 Å². The minimum absolute atomic E-state index is 0.145. The van der Waals surface area contributed by atoms with Crippen LogP contribution in [0.1, 0.15) is 32.0 Å². The fourth-order valence-electron chi connectivity index (χ4n) is 2.91. The SMILES string of the molecule is Cc1nc(COc2ccc(Cl)cc2)sc1C(=O)N[C@H]1COc2ccccc21. The van der Waals surface area contributed by atoms with E-state index in [-0.39, 0.29) is 11.9 Å². The van der Waals surface area contributed by atoms with Crippen LogP contribution in [0.25, 0.3) is 0 Å². The summed E-state index contributed by atoms with van der Waals surface area (Å²) in [6.45, 7) is 2.57. The Hall–Kier alpha value is -2.57. The predicted molar refractivity (Wildman–Crippen MR) is 105 cm³/mol. The molecule has 1 N–H and O–H groups in total. The molecule has 138 valence electrons. The lowest BCUT2D eigenvalue weighted by atomic mass is 10.1. The second kappa shape index (κ2) is 7.58. The van der Waals surface area contributed by atoms with Gasteiger partial charge in [-0.05, 0) is 37.3 Å². The number of aryl methyl sites for hydroxylation is 1. The minimum Gasteiger partial charge on any atom is -0.491 e. The van der Waals surface area contributed by atoms with E-state index in [9.17, 15) is 4.79 Å². The third-order valence-electron chi connectivity index (χ3n) is 4.23. The summed E-state index contributed by atoms with van der Waals surface area (Å²) >= 11 is 7.21. The van der Waals surface area contributed by atoms with Crippen molar-refractivity contribution in [1.29, 1.82) is 0 Å². The number of amides is 1. The molecule has 0 saturated heterocycles. The number of rotatable bonds is 5. The quantitative estimate of drug-likeness (QED) is 0.682. The highest BCUT2D eigenvalue weighted by Gasteiger charge is 2.27. The average Bonchev–Trinajstić information content (AvgIpc) is 3.25. The van der Waals surface area contributed by atoms with Crippen LogP contribution in [0.3, 0.4) is 0 Å². The Morgan fingerprint density at radius 3 is 2.89 bits per heavy atom. The molecule has 7 heteroatoms. The number of aromatic nitrogens is 1. The van der Waals surface area contributed by atoms with Crippen LogP contribution >= 0.6 is 22.9 Å². The predicted octanol–water partition coefficient (Wildman–Crippen LogP) is 4.55. The number of carbonyl (C=O) groups excluding carboxylic acids is 1. The van der Waals surface area contributed by atoms with Crippen molar-refractivity contribution < 1.29 is 14.3 Å². The lowest BCUT2D eigenvalue weighted by molar-refractivity contribution is 0.0933. The highest BCUT2D eigenvalue weighted by molar-refractivity contribution is 7.13. The zero-order chi connectivity index (χ0) is 18.8. The van der Waals surface area contributed by atoms with Gasteiger partial charge in [0, 0.05) is 10.6 Å². The third-order valence-corrected chi connectivity index (χ3v) is 5.61. The van der Waals surface area contributed by atoms with Gasteiger partial charge in [0.15, 0.2) is 0 Å². The van der Waals surface area contributed by atoms with E-state index < -0.39 is 0 Å². The Morgan fingerprint density at radius 1 is 1.30 bits per heavy atom. The molecule has 5 nitrogen and oxygen atoms in total. The van der Waals surface area contributed by atoms with E-state index in [2.05, 4.69) is 10.3 Å². The maximum Gasteiger partial charge on any atom is 0.263 e. The summed E-state index contributed by atoms with van der Waals surface area (Å²) in [5.41, 5.74) is 1.69. The van der Waals surface area contributed by atoms with Crippen molar-refractivity contribution in [2.45, 2.75) is 19.6 Å². The van der Waals surface area contributed by atoms with E-state index in [4.69, 9.17) is 21.1 Å². The molecule has 1 aliphatic heterocycles. The van der Waals surface area contributed by atoms with Crippen LogP contribution in [0.2, 0.25) is 5.02 Å². The maximum absolute atomic E-state index is 12.7. The van der Waals surface area contributed by atoms with Crippen LogP contribution in [-0.2, 0) is 6.61 Å². The summed E-state index contributed by atoms with van der Waals surface area (Å²) in [4.78, 5) is 17.8. The zero-order valence-electron chi connectivity index (χ0n) is 14.6. The third kappa shape index (κ3) is 3.91. The van der Waals surface area contributed by atoms with Crippen molar-refractivity contribution in [3.63, 3.8) is 0 Å². The van der Waals surface area contributed by atoms with Gasteiger partial charge in [0.2, 0.25) is 0 Å². The van der Waals surface area contributed by atoms with E-state index in [0.717, 1.165) is 16.3 Å². The van der Waals surface area contributed by atoms with Crippen LogP contribution in [-0.4, -0.2) is 17.5 Å². The minimum atomic E-state index is -0.149. The number of halogens is 1. The summed E-state index contributed by atoms with van der Waals surface area (Å²) in [5, 5.41) is 4.44. The van der Waals surface area contributed by atoms with E-state index in [0.29, 0.717) is 34.6 Å². The highest BCUT2D eigenvalue weighted by atomic mass is 35.5. The normalized spacial score (nSPS) is 15.1. The van der Waals surface area contributed by atoms with E-state index in [1.807, 2.05) is 31.2 Å². The van der Waals surface area contributed by atoms with Crippen LogP contribution in [0.15, 0.2) is 48.5 Å². The molecule has 0 saturated carbocycles. The first-order chi connectivity index (χ1) is 13.1. The van der Waals surface area contributed by atoms with Gasteiger partial charge in [0.25, 0.3) is 5.91 Å². The Kier molecular flexibility index (Phi) is 5.01. The standard InChI is InChI=1S/C20H17ClN2O3S/c1-12-19(20(24)23-16-10-26-17-5-3-2-4-15(16)17)27-18(22-12)11-25-14-8-6-13(21)7-9-14/h2-9,16H,10-11H2,1H3,(H,23,24)/t16-/m0/s1. The molecular weight excluding hydrogens is 384 g/mol. The van der Waals surface area contributed by atoms with Crippen molar-refractivity contribution in [3.05, 3.63) is 74.7 Å². The molecule has 0 bridgehead atoms. The largest absolute Gasteiger partial charge is 0.491 e. The first-order valence-corrected chi connectivity index (χ1v) is 9.67. The lowest BCUT2D eigenvalue weighted by Crippen LogP contribution is -2.29. The molecule has 1 amide bonds. The van der Waals surface area contributed by atoms with Gasteiger partial charge in [-0.15, -0.1) is 11.3 Å². The number of para-hydroxylation sites is 1. The number of nitrogens with zero attached hydrogens (tertiary/aromatic N) is 1. The number of carbonyl (C=O) groups is 1. The molecule has 3 aromatic rings. The zero-order valence-corrected chi connectivity index (χ0v) is 16.1. The topological polar surface area (TPSA) is 60.5 Å². The molecule has 0 spiro atoms. The van der Waals surface area contributed by atoms with Gasteiger partial charge in [-0.2, -0.15) is 0 Å². The lowest BCUT2D eigenvalue weighted by Gasteiger charge is -2.10. The number of nitrogens with one attached hydrogen (secondary N) is 1. The number of ether oxygens (including phenoxy) is 2. The van der Waals surface area contributed by atoms with E-state index in [1.54, 1.807) is 24.3 Å². The average molecular weight is 401 g/mol. The Balaban J connectivity index is 1.42. The van der Waals surface area contributed by atoms with Gasteiger partial charge in [-0.25, -0.2) is 4.98 Å². The number of hydrogen-bond donors (Lipinski definition) is 1. The van der Waals surface area contributed by atoms with E-state index in [1.165, 1.54) is 11.3 Å². The molecule has 2 aromatic carbocycles. The molecule has 1 atom stereocenters. The molecule has 0 fully saturated rings. The summed E-state index contributed by atoms with van der Waals surface area (Å²) in [7, 11) is 0. The Morgan fingerprint density at radius 2 is 2.07 bits per heavy atom. The summed E-state index contributed by atoms with van der Waals surface area (Å²) in [6, 6.07) is 14.7. The van der Waals surface area contributed by atoms with Crippen molar-refractivity contribution >= 4 is 28.8 Å². The molecule has 0 radical (unpaired) electrons. The first kappa shape index (κ1) is 17.8. The molecule has 0 aliphatic carbocycles. The molecule has 0 unspecified atom stereocenters. The van der Waals surface area contributed by atoms with Gasteiger partial charge in [0.1, 0.15) is 34.6 Å². The molecule has 27 heavy (non-hydrogen) atoms. The number of fused-ring (bicyclic) bond motifs is 1. The van der Waals surface area contributed by atoms with Crippen LogP contribution < -0.4 is 14.8 Å². The second-order valence-electron chi connectivity index (χ2n) is 6.14. The van der Waals surface area contributed by atoms with Gasteiger partial charge in [-0.3, -0.25) is 4.79 Å². The van der Waals surface area contributed by atoms with Crippen LogP contribution in [0, 0.1) is 6.92 Å². The first-order valence-electron chi connectivity index (χ1n) is 8.47. The van der Waals surface area contributed by atoms with Crippen molar-refractivity contribution in [3.8, 4) is 11.5 Å². The summed E-state index contributed by atoms with van der Waals surface area (Å²) in [5.74, 6) is 1.38. The van der Waals surface area contributed by atoms with Crippen molar-refractivity contribution in [1.82, 2.24) is 10.3 Å². The van der Waals surface area contributed by atoms with Gasteiger partial charge >= 0.3 is 0 Å². The Bertz CT molecular complexity index is 972. The molecule has 2 heterocycles. The Labute approximate surface area is 165 Å². The highest BCUT2D eigenvalue weighted by Crippen LogP contribution is 2.32. The summed E-state index contributed by atoms with van der Waals surface area (Å²) < 4.78 is 11.3. The van der Waals surface area contributed by atoms with Gasteiger partial charge in [0.05, 0.1) is 11.7 Å². The number of hydrogen-bond acceptors (Lipinski definition) is 5. The van der Waals surface area contributed by atoms with Crippen LogP contribution in [0.4, 0.5) is 0 Å². The van der Waals surface area contributed by atoms with Gasteiger partial charge in [-0.1, -0.05) is 29.8 Å².